The zero-order valence-corrected chi connectivity index (χ0v) is 21.5. The van der Waals surface area contributed by atoms with Crippen molar-refractivity contribution in [3.8, 4) is 0 Å². The van der Waals surface area contributed by atoms with E-state index in [9.17, 15) is 14.7 Å². The van der Waals surface area contributed by atoms with Gasteiger partial charge >= 0.3 is 6.09 Å². The zero-order chi connectivity index (χ0) is 25.5. The van der Waals surface area contributed by atoms with Crippen LogP contribution in [-0.4, -0.2) is 70.8 Å². The molecule has 0 aliphatic heterocycles. The number of hydrogen-bond donors (Lipinski definition) is 2. The van der Waals surface area contributed by atoms with E-state index in [1.807, 2.05) is 32.7 Å². The number of aliphatic hydroxyl groups excluding tert-OH is 1. The van der Waals surface area contributed by atoms with Crippen molar-refractivity contribution in [1.29, 1.82) is 0 Å². The summed E-state index contributed by atoms with van der Waals surface area (Å²) < 4.78 is 11.0. The summed E-state index contributed by atoms with van der Waals surface area (Å²) in [5.41, 5.74) is 3.29. The van der Waals surface area contributed by atoms with Gasteiger partial charge in [-0.3, -0.25) is 9.78 Å². The molecule has 10 nitrogen and oxygen atoms in total. The molecule has 11 heteroatoms. The Bertz CT molecular complexity index is 1120. The summed E-state index contributed by atoms with van der Waals surface area (Å²) in [6.45, 7) is 9.00. The Balaban J connectivity index is 1.66. The monoisotopic (exact) mass is 503 g/mol. The Morgan fingerprint density at radius 2 is 2.03 bits per heavy atom. The molecular formula is C24H33N5O5S. The number of thiazole rings is 1. The average molecular weight is 504 g/mol. The van der Waals surface area contributed by atoms with E-state index >= 15 is 0 Å². The fraction of sp³-hybridized carbons (Fsp3) is 0.500. The molecule has 2 N–H and O–H groups in total. The molecule has 0 aliphatic carbocycles. The van der Waals surface area contributed by atoms with Gasteiger partial charge in [0.05, 0.1) is 22.5 Å². The number of nitrogens with zero attached hydrogens (tertiary/aromatic N) is 4. The minimum Gasteiger partial charge on any atom is -0.444 e. The third kappa shape index (κ3) is 7.15. The normalized spacial score (nSPS) is 13.0. The van der Waals surface area contributed by atoms with E-state index in [2.05, 4.69) is 15.3 Å². The maximum Gasteiger partial charge on any atom is 0.407 e. The number of nitrogens with one attached hydrogen (secondary N) is 1. The van der Waals surface area contributed by atoms with Gasteiger partial charge < -0.3 is 29.4 Å². The molecule has 0 unspecified atom stereocenters. The molecule has 35 heavy (non-hydrogen) atoms. The fourth-order valence-corrected chi connectivity index (χ4v) is 3.87. The lowest BCUT2D eigenvalue weighted by molar-refractivity contribution is 0.0514. The van der Waals surface area contributed by atoms with Crippen molar-refractivity contribution >= 4 is 40.5 Å². The van der Waals surface area contributed by atoms with Gasteiger partial charge in [0.25, 0.3) is 11.9 Å². The molecule has 0 spiro atoms. The zero-order valence-electron chi connectivity index (χ0n) is 20.7. The standard InChI is InChI=1S/C24H33N5O5S/c1-6-28(5)23-27-19-8-7-17(9-21(19)34-23)22(31)29(11-15(2)3)12-20(30)16(4)26-24(32)33-13-18-10-25-14-35-18/h7-10,14-16,20,30H,6,11-13H2,1-5H3,(H,26,32)/t16-,20+/m0/s1. The van der Waals surface area contributed by atoms with Crippen LogP contribution < -0.4 is 10.2 Å². The Hall–Kier alpha value is -3.18. The molecule has 0 saturated carbocycles. The summed E-state index contributed by atoms with van der Waals surface area (Å²) in [7, 11) is 1.88. The van der Waals surface area contributed by atoms with Crippen LogP contribution in [0.2, 0.25) is 0 Å². The average Bonchev–Trinajstić information content (AvgIpc) is 3.50. The number of fused-ring (bicyclic) bond motifs is 1. The second kappa shape index (κ2) is 12.0. The highest BCUT2D eigenvalue weighted by molar-refractivity contribution is 7.09. The van der Waals surface area contributed by atoms with E-state index in [4.69, 9.17) is 9.15 Å². The van der Waals surface area contributed by atoms with Crippen molar-refractivity contribution in [3.05, 3.63) is 40.3 Å². The van der Waals surface area contributed by atoms with Crippen LogP contribution in [0.5, 0.6) is 0 Å². The van der Waals surface area contributed by atoms with Gasteiger partial charge in [-0.15, -0.1) is 11.3 Å². The summed E-state index contributed by atoms with van der Waals surface area (Å²) in [6.07, 6.45) is -0.00673. The van der Waals surface area contributed by atoms with Gasteiger partial charge in [0.15, 0.2) is 5.58 Å². The molecule has 190 valence electrons. The summed E-state index contributed by atoms with van der Waals surface area (Å²) in [4.78, 5) is 38.1. The number of ether oxygens (including phenoxy) is 1. The van der Waals surface area contributed by atoms with Crippen molar-refractivity contribution in [3.63, 3.8) is 0 Å². The van der Waals surface area contributed by atoms with Gasteiger partial charge in [0.2, 0.25) is 0 Å². The molecule has 1 aromatic carbocycles. The molecule has 0 saturated heterocycles. The SMILES string of the molecule is CCN(C)c1nc2ccc(C(=O)N(CC(C)C)C[C@@H](O)[C@H](C)NC(=O)OCc3cncs3)cc2o1. The van der Waals surface area contributed by atoms with Gasteiger partial charge in [-0.2, -0.15) is 4.98 Å². The molecule has 2 atom stereocenters. The van der Waals surface area contributed by atoms with Crippen LogP contribution in [0.25, 0.3) is 11.1 Å². The minimum absolute atomic E-state index is 0.0472. The van der Waals surface area contributed by atoms with E-state index < -0.39 is 18.2 Å². The number of alkyl carbamates (subject to hydrolysis) is 1. The minimum atomic E-state index is -0.993. The van der Waals surface area contributed by atoms with Crippen molar-refractivity contribution in [2.45, 2.75) is 46.4 Å². The Morgan fingerprint density at radius 3 is 2.69 bits per heavy atom. The first-order valence-corrected chi connectivity index (χ1v) is 12.5. The molecule has 3 rings (SSSR count). The van der Waals surface area contributed by atoms with Gasteiger partial charge in [0.1, 0.15) is 12.1 Å². The predicted molar refractivity (Wildman–Crippen MR) is 135 cm³/mol. The Labute approximate surface area is 208 Å². The second-order valence-corrected chi connectivity index (χ2v) is 9.81. The van der Waals surface area contributed by atoms with Crippen LogP contribution in [-0.2, 0) is 11.3 Å². The lowest BCUT2D eigenvalue weighted by atomic mass is 10.1. The number of aromatic nitrogens is 2. The molecule has 2 aromatic heterocycles. The fourth-order valence-electron chi connectivity index (χ4n) is 3.37. The smallest absolute Gasteiger partial charge is 0.407 e. The van der Waals surface area contributed by atoms with Crippen molar-refractivity contribution in [2.24, 2.45) is 5.92 Å². The summed E-state index contributed by atoms with van der Waals surface area (Å²) in [5.74, 6) is -0.0565. The van der Waals surface area contributed by atoms with Crippen molar-refractivity contribution in [2.75, 3.05) is 31.6 Å². The number of anilines is 1. The van der Waals surface area contributed by atoms with Crippen LogP contribution in [0.1, 0.15) is 42.9 Å². The summed E-state index contributed by atoms with van der Waals surface area (Å²) >= 11 is 1.39. The first kappa shape index (κ1) is 26.4. The molecular weight excluding hydrogens is 470 g/mol. The number of amides is 2. The van der Waals surface area contributed by atoms with Crippen LogP contribution in [0.4, 0.5) is 10.8 Å². The maximum absolute atomic E-state index is 13.4. The topological polar surface area (TPSA) is 121 Å². The van der Waals surface area contributed by atoms with Crippen molar-refractivity contribution in [1.82, 2.24) is 20.2 Å². The Morgan fingerprint density at radius 1 is 1.26 bits per heavy atom. The third-order valence-corrected chi connectivity index (χ3v) is 6.21. The van der Waals surface area contributed by atoms with Crippen LogP contribution >= 0.6 is 11.3 Å². The first-order valence-electron chi connectivity index (χ1n) is 11.6. The second-order valence-electron chi connectivity index (χ2n) is 8.84. The summed E-state index contributed by atoms with van der Waals surface area (Å²) in [5, 5.41) is 13.4. The lowest BCUT2D eigenvalue weighted by Crippen LogP contribution is -2.49. The van der Waals surface area contributed by atoms with E-state index in [0.29, 0.717) is 29.2 Å². The van der Waals surface area contributed by atoms with Gasteiger partial charge in [-0.05, 0) is 38.0 Å². The van der Waals surface area contributed by atoms with Crippen molar-refractivity contribution < 1.29 is 23.8 Å². The summed E-state index contributed by atoms with van der Waals surface area (Å²) in [6, 6.07) is 5.00. The number of rotatable bonds is 11. The molecule has 0 radical (unpaired) electrons. The molecule has 2 amide bonds. The number of oxazole rings is 1. The highest BCUT2D eigenvalue weighted by Crippen LogP contribution is 2.23. The number of hydrogen-bond acceptors (Lipinski definition) is 9. The van der Waals surface area contributed by atoms with Gasteiger partial charge in [0, 0.05) is 38.4 Å². The van der Waals surface area contributed by atoms with Crippen LogP contribution in [0.15, 0.2) is 34.3 Å². The first-order chi connectivity index (χ1) is 16.7. The largest absolute Gasteiger partial charge is 0.444 e. The van der Waals surface area contributed by atoms with E-state index in [1.54, 1.807) is 41.7 Å². The quantitative estimate of drug-likeness (QED) is 0.408. The highest BCUT2D eigenvalue weighted by atomic mass is 32.1. The number of aliphatic hydroxyl groups is 1. The maximum atomic E-state index is 13.4. The van der Waals surface area contributed by atoms with Gasteiger partial charge in [-0.1, -0.05) is 13.8 Å². The number of benzene rings is 1. The Kier molecular flexibility index (Phi) is 9.05. The number of carbonyl (C=O) groups excluding carboxylic acids is 2. The highest BCUT2D eigenvalue weighted by Gasteiger charge is 2.25. The predicted octanol–water partition coefficient (Wildman–Crippen LogP) is 3.51. The molecule has 0 bridgehead atoms. The third-order valence-electron chi connectivity index (χ3n) is 5.46. The van der Waals surface area contributed by atoms with Crippen LogP contribution in [0.3, 0.4) is 0 Å². The van der Waals surface area contributed by atoms with E-state index in [1.165, 1.54) is 11.3 Å². The molecule has 3 aromatic rings. The van der Waals surface area contributed by atoms with Crippen LogP contribution in [0, 0.1) is 5.92 Å². The molecule has 0 aliphatic rings. The molecule has 0 fully saturated rings. The van der Waals surface area contributed by atoms with E-state index in [-0.39, 0.29) is 25.0 Å². The van der Waals surface area contributed by atoms with E-state index in [0.717, 1.165) is 11.4 Å². The van der Waals surface area contributed by atoms with Gasteiger partial charge in [-0.25, -0.2) is 4.79 Å². The number of carbonyl (C=O) groups is 2. The lowest BCUT2D eigenvalue weighted by Gasteiger charge is -2.29. The molecule has 2 heterocycles.